The number of imide groups is 1. The average molecular weight is 460 g/mol. The van der Waals surface area contributed by atoms with Crippen molar-refractivity contribution in [3.8, 4) is 11.1 Å². The fourth-order valence-electron chi connectivity index (χ4n) is 4.28. The summed E-state index contributed by atoms with van der Waals surface area (Å²) in [7, 11) is 0. The van der Waals surface area contributed by atoms with Gasteiger partial charge in [-0.3, -0.25) is 19.2 Å². The Morgan fingerprint density at radius 2 is 1.09 bits per heavy atom. The Labute approximate surface area is 202 Å². The van der Waals surface area contributed by atoms with Crippen LogP contribution in [0.2, 0.25) is 0 Å². The second-order valence-corrected chi connectivity index (χ2v) is 8.33. The van der Waals surface area contributed by atoms with E-state index >= 15 is 0 Å². The number of benzene rings is 4. The Balaban J connectivity index is 1.60. The first-order valence-electron chi connectivity index (χ1n) is 11.3. The van der Waals surface area contributed by atoms with Gasteiger partial charge in [-0.1, -0.05) is 84.9 Å². The van der Waals surface area contributed by atoms with Crippen LogP contribution in [0.15, 0.2) is 103 Å². The second kappa shape index (κ2) is 9.31. The van der Waals surface area contributed by atoms with Gasteiger partial charge in [0.05, 0.1) is 5.69 Å². The van der Waals surface area contributed by atoms with Gasteiger partial charge in [-0.2, -0.15) is 0 Å². The molecule has 1 aliphatic rings. The molecule has 1 aliphatic heterocycles. The first kappa shape index (κ1) is 22.2. The topological polar surface area (TPSA) is 71.5 Å². The van der Waals surface area contributed by atoms with Gasteiger partial charge in [-0.15, -0.1) is 0 Å². The van der Waals surface area contributed by atoms with E-state index in [2.05, 4.69) is 0 Å². The van der Waals surface area contributed by atoms with Gasteiger partial charge in [0.25, 0.3) is 0 Å². The van der Waals surface area contributed by atoms with E-state index in [9.17, 15) is 19.2 Å². The number of hydrogen-bond acceptors (Lipinski definition) is 4. The largest absolute Gasteiger partial charge is 0.289 e. The smallest absolute Gasteiger partial charge is 0.234 e. The summed E-state index contributed by atoms with van der Waals surface area (Å²) in [6.07, 6.45) is 0.256. The summed E-state index contributed by atoms with van der Waals surface area (Å²) in [6.45, 7) is 0. The van der Waals surface area contributed by atoms with Crippen molar-refractivity contribution in [1.29, 1.82) is 0 Å². The van der Waals surface area contributed by atoms with Crippen molar-refractivity contribution in [3.63, 3.8) is 0 Å². The first-order valence-corrected chi connectivity index (χ1v) is 11.3. The van der Waals surface area contributed by atoms with Gasteiger partial charge >= 0.3 is 0 Å². The van der Waals surface area contributed by atoms with E-state index < -0.39 is 0 Å². The maximum absolute atomic E-state index is 13.5. The molecule has 170 valence electrons. The van der Waals surface area contributed by atoms with Gasteiger partial charge in [0.2, 0.25) is 11.8 Å². The lowest BCUT2D eigenvalue weighted by molar-refractivity contribution is -0.121. The van der Waals surface area contributed by atoms with Crippen LogP contribution in [-0.2, 0) is 9.59 Å². The SMILES string of the molecule is O=C(c1ccccc1)c1cccc(-c2ccc(N3C(=O)CCC3=O)c(C(=O)c3ccccc3)c2)c1. The summed E-state index contributed by atoms with van der Waals surface area (Å²) in [5.74, 6) is -1.02. The van der Waals surface area contributed by atoms with E-state index in [0.717, 1.165) is 10.5 Å². The standard InChI is InChI=1S/C30H21NO4/c32-27-16-17-28(33)31(27)26-15-14-23(19-25(26)30(35)21-10-5-2-6-11-21)22-12-7-13-24(18-22)29(34)20-8-3-1-4-9-20/h1-15,18-19H,16-17H2. The number of hydrogen-bond donors (Lipinski definition) is 0. The molecule has 0 spiro atoms. The molecule has 5 nitrogen and oxygen atoms in total. The van der Waals surface area contributed by atoms with Crippen molar-refractivity contribution < 1.29 is 19.2 Å². The molecule has 1 saturated heterocycles. The molecule has 0 atom stereocenters. The Morgan fingerprint density at radius 1 is 0.543 bits per heavy atom. The highest BCUT2D eigenvalue weighted by molar-refractivity contribution is 6.24. The molecule has 5 rings (SSSR count). The highest BCUT2D eigenvalue weighted by Gasteiger charge is 2.33. The molecule has 5 heteroatoms. The van der Waals surface area contributed by atoms with Gasteiger partial charge in [0.1, 0.15) is 0 Å². The minimum atomic E-state index is -0.319. The highest BCUT2D eigenvalue weighted by Crippen LogP contribution is 2.33. The number of rotatable bonds is 6. The Morgan fingerprint density at radius 3 is 1.71 bits per heavy atom. The Hall–Kier alpha value is -4.64. The predicted molar refractivity (Wildman–Crippen MR) is 133 cm³/mol. The van der Waals surface area contributed by atoms with E-state index in [1.54, 1.807) is 72.8 Å². The predicted octanol–water partition coefficient (Wildman–Crippen LogP) is 5.47. The van der Waals surface area contributed by atoms with Crippen LogP contribution in [0.1, 0.15) is 44.7 Å². The maximum Gasteiger partial charge on any atom is 0.234 e. The van der Waals surface area contributed by atoms with E-state index in [0.29, 0.717) is 22.3 Å². The maximum atomic E-state index is 13.5. The molecule has 4 aromatic carbocycles. The lowest BCUT2D eigenvalue weighted by Gasteiger charge is -2.19. The zero-order chi connectivity index (χ0) is 24.4. The van der Waals surface area contributed by atoms with Crippen molar-refractivity contribution in [3.05, 3.63) is 125 Å². The number of nitrogens with zero attached hydrogens (tertiary/aromatic N) is 1. The molecule has 2 amide bonds. The summed E-state index contributed by atoms with van der Waals surface area (Å²) < 4.78 is 0. The normalized spacial score (nSPS) is 13.2. The molecule has 35 heavy (non-hydrogen) atoms. The van der Waals surface area contributed by atoms with Crippen molar-refractivity contribution in [2.24, 2.45) is 0 Å². The number of carbonyl (C=O) groups excluding carboxylic acids is 4. The average Bonchev–Trinajstić information content (AvgIpc) is 3.26. The van der Waals surface area contributed by atoms with Crippen LogP contribution in [-0.4, -0.2) is 23.4 Å². The first-order chi connectivity index (χ1) is 17.0. The van der Waals surface area contributed by atoms with Crippen LogP contribution >= 0.6 is 0 Å². The zero-order valence-electron chi connectivity index (χ0n) is 18.8. The molecule has 1 fully saturated rings. The monoisotopic (exact) mass is 459 g/mol. The van der Waals surface area contributed by atoms with Gasteiger partial charge in [-0.25, -0.2) is 4.90 Å². The molecule has 4 aromatic rings. The molecule has 0 saturated carbocycles. The molecular formula is C30H21NO4. The Bertz CT molecular complexity index is 1440. The van der Waals surface area contributed by atoms with Crippen LogP contribution < -0.4 is 4.90 Å². The minimum absolute atomic E-state index is 0.0992. The number of amides is 2. The number of anilines is 1. The molecular weight excluding hydrogens is 438 g/mol. The Kier molecular flexibility index (Phi) is 5.90. The lowest BCUT2D eigenvalue weighted by Crippen LogP contribution is -2.30. The zero-order valence-corrected chi connectivity index (χ0v) is 18.8. The molecule has 1 heterocycles. The molecule has 0 unspecified atom stereocenters. The lowest BCUT2D eigenvalue weighted by atomic mass is 9.94. The van der Waals surface area contributed by atoms with Crippen molar-refractivity contribution in [2.75, 3.05) is 4.90 Å². The summed E-state index contributed by atoms with van der Waals surface area (Å²) in [5, 5.41) is 0. The summed E-state index contributed by atoms with van der Waals surface area (Å²) in [6, 6.07) is 30.1. The quantitative estimate of drug-likeness (QED) is 0.283. The fourth-order valence-corrected chi connectivity index (χ4v) is 4.28. The van der Waals surface area contributed by atoms with E-state index in [1.807, 2.05) is 30.3 Å². The van der Waals surface area contributed by atoms with Crippen molar-refractivity contribution >= 4 is 29.1 Å². The summed E-state index contributed by atoms with van der Waals surface area (Å²) in [5.41, 5.74) is 3.57. The van der Waals surface area contributed by atoms with Gasteiger partial charge in [0.15, 0.2) is 11.6 Å². The number of ketones is 2. The van der Waals surface area contributed by atoms with Crippen LogP contribution in [0.25, 0.3) is 11.1 Å². The molecule has 0 aromatic heterocycles. The summed E-state index contributed by atoms with van der Waals surface area (Å²) >= 11 is 0. The summed E-state index contributed by atoms with van der Waals surface area (Å²) in [4.78, 5) is 52.5. The van der Waals surface area contributed by atoms with Crippen LogP contribution in [0, 0.1) is 0 Å². The second-order valence-electron chi connectivity index (χ2n) is 8.33. The molecule has 0 N–H and O–H groups in total. The fraction of sp³-hybridized carbons (Fsp3) is 0.0667. The minimum Gasteiger partial charge on any atom is -0.289 e. The van der Waals surface area contributed by atoms with Crippen LogP contribution in [0.4, 0.5) is 5.69 Å². The van der Waals surface area contributed by atoms with E-state index in [-0.39, 0.29) is 47.5 Å². The molecule has 0 aliphatic carbocycles. The number of carbonyl (C=O) groups is 4. The third kappa shape index (κ3) is 4.32. The van der Waals surface area contributed by atoms with E-state index in [4.69, 9.17) is 0 Å². The van der Waals surface area contributed by atoms with Gasteiger partial charge in [0, 0.05) is 35.1 Å². The van der Waals surface area contributed by atoms with Crippen LogP contribution in [0.5, 0.6) is 0 Å². The van der Waals surface area contributed by atoms with Gasteiger partial charge < -0.3 is 0 Å². The van der Waals surface area contributed by atoms with E-state index in [1.165, 1.54) is 0 Å². The third-order valence-electron chi connectivity index (χ3n) is 6.06. The van der Waals surface area contributed by atoms with Gasteiger partial charge in [-0.05, 0) is 29.3 Å². The van der Waals surface area contributed by atoms with Crippen LogP contribution in [0.3, 0.4) is 0 Å². The third-order valence-corrected chi connectivity index (χ3v) is 6.06. The molecule has 0 bridgehead atoms. The van der Waals surface area contributed by atoms with Crippen molar-refractivity contribution in [2.45, 2.75) is 12.8 Å². The molecule has 0 radical (unpaired) electrons. The van der Waals surface area contributed by atoms with Crippen molar-refractivity contribution in [1.82, 2.24) is 0 Å². The highest BCUT2D eigenvalue weighted by atomic mass is 16.2.